The Kier molecular flexibility index (Phi) is 4.70. The molecule has 0 atom stereocenters. The SMILES string of the molecule is COCCOCCC1(N)CCCC1. The minimum Gasteiger partial charge on any atom is -0.382 e. The second kappa shape index (κ2) is 5.58. The minimum absolute atomic E-state index is 0.0765. The molecule has 0 spiro atoms. The van der Waals surface area contributed by atoms with Gasteiger partial charge in [-0.15, -0.1) is 0 Å². The largest absolute Gasteiger partial charge is 0.382 e. The third-order valence-electron chi connectivity index (χ3n) is 2.78. The first-order valence-corrected chi connectivity index (χ1v) is 5.12. The van der Waals surface area contributed by atoms with Crippen molar-refractivity contribution in [3.63, 3.8) is 0 Å². The van der Waals surface area contributed by atoms with Crippen LogP contribution in [0.4, 0.5) is 0 Å². The van der Waals surface area contributed by atoms with Gasteiger partial charge in [-0.3, -0.25) is 0 Å². The molecule has 2 N–H and O–H groups in total. The van der Waals surface area contributed by atoms with Crippen molar-refractivity contribution in [3.05, 3.63) is 0 Å². The van der Waals surface area contributed by atoms with Crippen LogP contribution in [0.15, 0.2) is 0 Å². The summed E-state index contributed by atoms with van der Waals surface area (Å²) in [5.41, 5.74) is 6.24. The molecular formula is C10H21NO2. The summed E-state index contributed by atoms with van der Waals surface area (Å²) < 4.78 is 10.3. The predicted octanol–water partition coefficient (Wildman–Crippen LogP) is 1.31. The van der Waals surface area contributed by atoms with E-state index in [1.807, 2.05) is 0 Å². The number of methoxy groups -OCH3 is 1. The van der Waals surface area contributed by atoms with Gasteiger partial charge in [0.15, 0.2) is 0 Å². The van der Waals surface area contributed by atoms with E-state index in [2.05, 4.69) is 0 Å². The van der Waals surface area contributed by atoms with Crippen LogP contribution in [0.5, 0.6) is 0 Å². The van der Waals surface area contributed by atoms with E-state index in [4.69, 9.17) is 15.2 Å². The normalized spacial score (nSPS) is 20.8. The third kappa shape index (κ3) is 4.07. The Morgan fingerprint density at radius 1 is 1.15 bits per heavy atom. The van der Waals surface area contributed by atoms with Gasteiger partial charge in [-0.05, 0) is 19.3 Å². The van der Waals surface area contributed by atoms with Gasteiger partial charge in [0.05, 0.1) is 13.2 Å². The highest BCUT2D eigenvalue weighted by Crippen LogP contribution is 2.29. The third-order valence-corrected chi connectivity index (χ3v) is 2.78. The second-order valence-electron chi connectivity index (χ2n) is 3.92. The van der Waals surface area contributed by atoms with E-state index in [9.17, 15) is 0 Å². The number of nitrogens with two attached hydrogens (primary N) is 1. The molecule has 0 aromatic heterocycles. The van der Waals surface area contributed by atoms with Gasteiger partial charge in [0, 0.05) is 19.3 Å². The van der Waals surface area contributed by atoms with E-state index in [1.165, 1.54) is 25.7 Å². The molecule has 0 amide bonds. The highest BCUT2D eigenvalue weighted by atomic mass is 16.5. The standard InChI is InChI=1S/C10H21NO2/c1-12-8-9-13-7-6-10(11)4-2-3-5-10/h2-9,11H2,1H3. The van der Waals surface area contributed by atoms with Crippen LogP contribution in [-0.4, -0.2) is 32.5 Å². The Morgan fingerprint density at radius 3 is 2.46 bits per heavy atom. The minimum atomic E-state index is 0.0765. The molecule has 1 rings (SSSR count). The molecule has 1 fully saturated rings. The summed E-state index contributed by atoms with van der Waals surface area (Å²) in [7, 11) is 1.69. The zero-order valence-electron chi connectivity index (χ0n) is 8.55. The van der Waals surface area contributed by atoms with Crippen LogP contribution in [0.3, 0.4) is 0 Å². The summed E-state index contributed by atoms with van der Waals surface area (Å²) in [5.74, 6) is 0. The first kappa shape index (κ1) is 11.0. The van der Waals surface area contributed by atoms with Crippen LogP contribution in [0.25, 0.3) is 0 Å². The molecule has 0 heterocycles. The van der Waals surface area contributed by atoms with E-state index >= 15 is 0 Å². The molecule has 78 valence electrons. The van der Waals surface area contributed by atoms with Gasteiger partial charge in [0.1, 0.15) is 0 Å². The predicted molar refractivity (Wildman–Crippen MR) is 52.7 cm³/mol. The summed E-state index contributed by atoms with van der Waals surface area (Å²) in [5, 5.41) is 0. The summed E-state index contributed by atoms with van der Waals surface area (Å²) in [4.78, 5) is 0. The lowest BCUT2D eigenvalue weighted by atomic mass is 9.95. The molecule has 3 heteroatoms. The summed E-state index contributed by atoms with van der Waals surface area (Å²) in [6.45, 7) is 2.14. The van der Waals surface area contributed by atoms with Crippen molar-refractivity contribution in [2.24, 2.45) is 5.73 Å². The molecule has 0 bridgehead atoms. The summed E-state index contributed by atoms with van der Waals surface area (Å²) in [6, 6.07) is 0. The fourth-order valence-corrected chi connectivity index (χ4v) is 1.85. The molecule has 1 aliphatic carbocycles. The zero-order valence-corrected chi connectivity index (χ0v) is 8.55. The molecule has 0 saturated heterocycles. The Balaban J connectivity index is 1.98. The fraction of sp³-hybridized carbons (Fsp3) is 1.00. The van der Waals surface area contributed by atoms with Crippen molar-refractivity contribution in [2.75, 3.05) is 26.9 Å². The molecule has 3 nitrogen and oxygen atoms in total. The van der Waals surface area contributed by atoms with Gasteiger partial charge in [-0.25, -0.2) is 0 Å². The molecule has 1 aliphatic rings. The Bertz CT molecular complexity index is 133. The van der Waals surface area contributed by atoms with Gasteiger partial charge in [-0.2, -0.15) is 0 Å². The van der Waals surface area contributed by atoms with Gasteiger partial charge < -0.3 is 15.2 Å². The van der Waals surface area contributed by atoms with Crippen LogP contribution in [0, 0.1) is 0 Å². The Morgan fingerprint density at radius 2 is 1.85 bits per heavy atom. The molecule has 0 aromatic carbocycles. The van der Waals surface area contributed by atoms with E-state index < -0.39 is 0 Å². The fourth-order valence-electron chi connectivity index (χ4n) is 1.85. The van der Waals surface area contributed by atoms with Crippen molar-refractivity contribution in [1.82, 2.24) is 0 Å². The monoisotopic (exact) mass is 187 g/mol. The number of ether oxygens (including phenoxy) is 2. The molecule has 0 aliphatic heterocycles. The van der Waals surface area contributed by atoms with E-state index in [0.717, 1.165) is 13.0 Å². The van der Waals surface area contributed by atoms with Crippen molar-refractivity contribution >= 4 is 0 Å². The average molecular weight is 187 g/mol. The number of hydrogen-bond donors (Lipinski definition) is 1. The van der Waals surface area contributed by atoms with E-state index in [-0.39, 0.29) is 5.54 Å². The quantitative estimate of drug-likeness (QED) is 0.638. The van der Waals surface area contributed by atoms with Crippen molar-refractivity contribution in [2.45, 2.75) is 37.6 Å². The first-order valence-electron chi connectivity index (χ1n) is 5.12. The molecular weight excluding hydrogens is 166 g/mol. The van der Waals surface area contributed by atoms with Crippen molar-refractivity contribution in [3.8, 4) is 0 Å². The molecule has 13 heavy (non-hydrogen) atoms. The zero-order chi connectivity index (χ0) is 9.57. The maximum absolute atomic E-state index is 6.16. The number of rotatable bonds is 6. The Labute approximate surface area is 80.6 Å². The second-order valence-corrected chi connectivity index (χ2v) is 3.92. The molecule has 1 saturated carbocycles. The van der Waals surface area contributed by atoms with Gasteiger partial charge >= 0.3 is 0 Å². The average Bonchev–Trinajstić information content (AvgIpc) is 2.53. The maximum atomic E-state index is 6.16. The van der Waals surface area contributed by atoms with E-state index in [0.29, 0.717) is 13.2 Å². The molecule has 0 unspecified atom stereocenters. The number of hydrogen-bond acceptors (Lipinski definition) is 3. The van der Waals surface area contributed by atoms with Crippen LogP contribution >= 0.6 is 0 Å². The highest BCUT2D eigenvalue weighted by Gasteiger charge is 2.28. The smallest absolute Gasteiger partial charge is 0.0700 e. The summed E-state index contributed by atoms with van der Waals surface area (Å²) in [6.07, 6.45) is 5.90. The topological polar surface area (TPSA) is 44.5 Å². The lowest BCUT2D eigenvalue weighted by molar-refractivity contribution is 0.0614. The van der Waals surface area contributed by atoms with Gasteiger partial charge in [0.2, 0.25) is 0 Å². The van der Waals surface area contributed by atoms with Crippen LogP contribution < -0.4 is 5.73 Å². The molecule has 0 aromatic rings. The van der Waals surface area contributed by atoms with E-state index in [1.54, 1.807) is 7.11 Å². The highest BCUT2D eigenvalue weighted by molar-refractivity contribution is 4.88. The van der Waals surface area contributed by atoms with Crippen molar-refractivity contribution in [1.29, 1.82) is 0 Å². The lowest BCUT2D eigenvalue weighted by Gasteiger charge is -2.22. The van der Waals surface area contributed by atoms with Gasteiger partial charge in [0.25, 0.3) is 0 Å². The van der Waals surface area contributed by atoms with Crippen molar-refractivity contribution < 1.29 is 9.47 Å². The molecule has 0 radical (unpaired) electrons. The van der Waals surface area contributed by atoms with Crippen LogP contribution in [0.2, 0.25) is 0 Å². The summed E-state index contributed by atoms with van der Waals surface area (Å²) >= 11 is 0. The first-order chi connectivity index (χ1) is 6.27. The maximum Gasteiger partial charge on any atom is 0.0700 e. The Hall–Kier alpha value is -0.120. The van der Waals surface area contributed by atoms with Crippen LogP contribution in [-0.2, 0) is 9.47 Å². The van der Waals surface area contributed by atoms with Crippen LogP contribution in [0.1, 0.15) is 32.1 Å². The lowest BCUT2D eigenvalue weighted by Crippen LogP contribution is -2.37. The van der Waals surface area contributed by atoms with Gasteiger partial charge in [-0.1, -0.05) is 12.8 Å².